The fraction of sp³-hybridized carbons (Fsp3) is 0.417. The molecule has 0 radical (unpaired) electrons. The third-order valence-electron chi connectivity index (χ3n) is 2.59. The second kappa shape index (κ2) is 7.48. The van der Waals surface area contributed by atoms with Gasteiger partial charge in [-0.1, -0.05) is 0 Å². The summed E-state index contributed by atoms with van der Waals surface area (Å²) in [4.78, 5) is 11.9. The molecule has 0 saturated carbocycles. The highest BCUT2D eigenvalue weighted by Gasteiger charge is 2.26. The molecule has 0 aromatic heterocycles. The van der Waals surface area contributed by atoms with Gasteiger partial charge >= 0.3 is 0 Å². The average molecular weight is 338 g/mol. The summed E-state index contributed by atoms with van der Waals surface area (Å²) >= 11 is 0. The summed E-state index contributed by atoms with van der Waals surface area (Å²) in [6, 6.07) is 2.55. The number of hydrogen-bond donors (Lipinski definition) is 1. The molecule has 118 valence electrons. The van der Waals surface area contributed by atoms with Crippen LogP contribution in [0.25, 0.3) is 0 Å². The van der Waals surface area contributed by atoms with Gasteiger partial charge in [-0.15, -0.1) is 0 Å². The first-order valence-electron chi connectivity index (χ1n) is 5.83. The zero-order valence-electron chi connectivity index (χ0n) is 11.8. The first-order chi connectivity index (χ1) is 9.86. The summed E-state index contributed by atoms with van der Waals surface area (Å²) in [6.45, 7) is 0.559. The lowest BCUT2D eigenvalue weighted by molar-refractivity contribution is 0.0930. The minimum absolute atomic E-state index is 0.0437. The minimum atomic E-state index is -4.06. The lowest BCUT2D eigenvalue weighted by atomic mass is 10.1. The van der Waals surface area contributed by atoms with Gasteiger partial charge in [-0.2, -0.15) is 0 Å². The number of rotatable bonds is 7. The van der Waals surface area contributed by atoms with Crippen LogP contribution in [0, 0.1) is 0 Å². The summed E-state index contributed by atoms with van der Waals surface area (Å²) in [6.07, 6.45) is 0. The summed E-state index contributed by atoms with van der Waals surface area (Å²) < 4.78 is 38.0. The molecule has 0 aliphatic heterocycles. The molecule has 0 saturated heterocycles. The number of hydrogen-bond acceptors (Lipinski definition) is 6. The van der Waals surface area contributed by atoms with Crippen LogP contribution in [0.1, 0.15) is 10.4 Å². The number of ether oxygens (including phenoxy) is 3. The molecule has 0 unspecified atom stereocenters. The third kappa shape index (κ3) is 4.23. The van der Waals surface area contributed by atoms with E-state index >= 15 is 0 Å². The Morgan fingerprint density at radius 1 is 1.24 bits per heavy atom. The molecule has 0 heterocycles. The van der Waals surface area contributed by atoms with E-state index in [4.69, 9.17) is 24.9 Å². The molecule has 21 heavy (non-hydrogen) atoms. The van der Waals surface area contributed by atoms with Gasteiger partial charge in [0.15, 0.2) is 5.75 Å². The first-order valence-corrected chi connectivity index (χ1v) is 8.14. The lowest BCUT2D eigenvalue weighted by Crippen LogP contribution is -2.28. The Bertz CT molecular complexity index is 616. The second-order valence-corrected chi connectivity index (χ2v) is 6.40. The minimum Gasteiger partial charge on any atom is -0.496 e. The van der Waals surface area contributed by atoms with Crippen LogP contribution in [-0.4, -0.2) is 48.8 Å². The highest BCUT2D eigenvalue weighted by Crippen LogP contribution is 2.36. The standard InChI is InChI=1S/C12H16ClNO6S/c1-18-7-6-14-12(15)10-8(19-2)4-5-9(11(10)20-3)21(13,16)17/h4-5H,6-7H2,1-3H3,(H,14,15). The summed E-state index contributed by atoms with van der Waals surface area (Å²) in [7, 11) is 5.37. The molecule has 1 aromatic carbocycles. The van der Waals surface area contributed by atoms with E-state index in [1.807, 2.05) is 0 Å². The molecule has 0 spiro atoms. The summed E-state index contributed by atoms with van der Waals surface area (Å²) in [5.74, 6) is -0.548. The molecular weight excluding hydrogens is 322 g/mol. The van der Waals surface area contributed by atoms with Crippen LogP contribution < -0.4 is 14.8 Å². The number of carbonyl (C=O) groups is 1. The van der Waals surface area contributed by atoms with Crippen molar-refractivity contribution >= 4 is 25.6 Å². The van der Waals surface area contributed by atoms with Crippen molar-refractivity contribution < 1.29 is 27.4 Å². The van der Waals surface area contributed by atoms with E-state index in [-0.39, 0.29) is 28.5 Å². The van der Waals surface area contributed by atoms with Gasteiger partial charge in [-0.3, -0.25) is 4.79 Å². The molecule has 0 bridgehead atoms. The lowest BCUT2D eigenvalue weighted by Gasteiger charge is -2.15. The Hall–Kier alpha value is -1.51. The molecule has 0 aliphatic rings. The molecule has 0 aliphatic carbocycles. The normalized spacial score (nSPS) is 11.0. The van der Waals surface area contributed by atoms with E-state index in [0.717, 1.165) is 0 Å². The Labute approximate surface area is 127 Å². The Morgan fingerprint density at radius 3 is 2.38 bits per heavy atom. The highest BCUT2D eigenvalue weighted by atomic mass is 35.7. The van der Waals surface area contributed by atoms with Crippen LogP contribution >= 0.6 is 10.7 Å². The van der Waals surface area contributed by atoms with E-state index in [0.29, 0.717) is 6.61 Å². The zero-order chi connectivity index (χ0) is 16.0. The van der Waals surface area contributed by atoms with E-state index < -0.39 is 15.0 Å². The predicted molar refractivity (Wildman–Crippen MR) is 76.8 cm³/mol. The van der Waals surface area contributed by atoms with Crippen LogP contribution in [0.15, 0.2) is 17.0 Å². The molecule has 0 fully saturated rings. The van der Waals surface area contributed by atoms with Crippen molar-refractivity contribution in [2.75, 3.05) is 34.5 Å². The molecule has 1 rings (SSSR count). The zero-order valence-corrected chi connectivity index (χ0v) is 13.4. The van der Waals surface area contributed by atoms with Crippen molar-refractivity contribution in [1.29, 1.82) is 0 Å². The van der Waals surface area contributed by atoms with Gasteiger partial charge < -0.3 is 19.5 Å². The van der Waals surface area contributed by atoms with Crippen molar-refractivity contribution in [3.8, 4) is 11.5 Å². The van der Waals surface area contributed by atoms with Gasteiger partial charge in [0.05, 0.1) is 20.8 Å². The quantitative estimate of drug-likeness (QED) is 0.590. The Morgan fingerprint density at radius 2 is 1.90 bits per heavy atom. The average Bonchev–Trinajstić information content (AvgIpc) is 2.44. The Balaban J connectivity index is 3.35. The maximum Gasteiger partial charge on any atom is 0.265 e. The number of benzene rings is 1. The van der Waals surface area contributed by atoms with Crippen molar-refractivity contribution in [3.05, 3.63) is 17.7 Å². The molecule has 0 atom stereocenters. The number of carbonyl (C=O) groups excluding carboxylic acids is 1. The van der Waals surface area contributed by atoms with Crippen molar-refractivity contribution in [2.24, 2.45) is 0 Å². The van der Waals surface area contributed by atoms with Crippen molar-refractivity contribution in [3.63, 3.8) is 0 Å². The second-order valence-electron chi connectivity index (χ2n) is 3.86. The largest absolute Gasteiger partial charge is 0.496 e. The van der Waals surface area contributed by atoms with Gasteiger partial charge in [0.2, 0.25) is 0 Å². The first kappa shape index (κ1) is 17.5. The summed E-state index contributed by atoms with van der Waals surface area (Å²) in [5.41, 5.74) is -0.0437. The smallest absolute Gasteiger partial charge is 0.265 e. The number of halogens is 1. The Kier molecular flexibility index (Phi) is 6.25. The van der Waals surface area contributed by atoms with Gasteiger partial charge in [0.25, 0.3) is 15.0 Å². The van der Waals surface area contributed by atoms with Crippen LogP contribution in [0.2, 0.25) is 0 Å². The summed E-state index contributed by atoms with van der Waals surface area (Å²) in [5, 5.41) is 2.57. The van der Waals surface area contributed by atoms with E-state index in [1.165, 1.54) is 33.5 Å². The van der Waals surface area contributed by atoms with Gasteiger partial charge in [0.1, 0.15) is 16.2 Å². The van der Waals surface area contributed by atoms with Gasteiger partial charge in [-0.05, 0) is 12.1 Å². The van der Waals surface area contributed by atoms with Crippen LogP contribution in [0.3, 0.4) is 0 Å². The van der Waals surface area contributed by atoms with Crippen LogP contribution in [-0.2, 0) is 13.8 Å². The van der Waals surface area contributed by atoms with Gasteiger partial charge in [0, 0.05) is 24.3 Å². The molecule has 7 nitrogen and oxygen atoms in total. The number of nitrogens with one attached hydrogen (secondary N) is 1. The molecule has 1 aromatic rings. The maximum atomic E-state index is 12.2. The van der Waals surface area contributed by atoms with Crippen molar-refractivity contribution in [2.45, 2.75) is 4.90 Å². The topological polar surface area (TPSA) is 90.9 Å². The van der Waals surface area contributed by atoms with Crippen molar-refractivity contribution in [1.82, 2.24) is 5.32 Å². The van der Waals surface area contributed by atoms with Crippen LogP contribution in [0.4, 0.5) is 0 Å². The fourth-order valence-electron chi connectivity index (χ4n) is 1.68. The monoisotopic (exact) mass is 337 g/mol. The molecular formula is C12H16ClNO6S. The number of methoxy groups -OCH3 is 3. The number of amides is 1. The molecule has 9 heteroatoms. The van der Waals surface area contributed by atoms with E-state index in [9.17, 15) is 13.2 Å². The van der Waals surface area contributed by atoms with Crippen LogP contribution in [0.5, 0.6) is 11.5 Å². The molecule has 1 N–H and O–H groups in total. The maximum absolute atomic E-state index is 12.2. The SMILES string of the molecule is COCCNC(=O)c1c(OC)ccc(S(=O)(=O)Cl)c1OC. The van der Waals surface area contributed by atoms with Gasteiger partial charge in [-0.25, -0.2) is 8.42 Å². The fourth-order valence-corrected chi connectivity index (χ4v) is 2.68. The van der Waals surface area contributed by atoms with E-state index in [2.05, 4.69) is 5.32 Å². The molecule has 1 amide bonds. The highest BCUT2D eigenvalue weighted by molar-refractivity contribution is 8.13. The predicted octanol–water partition coefficient (Wildman–Crippen LogP) is 1.01. The third-order valence-corrected chi connectivity index (χ3v) is 3.93. The van der Waals surface area contributed by atoms with E-state index in [1.54, 1.807) is 0 Å².